The van der Waals surface area contributed by atoms with Crippen molar-refractivity contribution in [3.63, 3.8) is 0 Å². The summed E-state index contributed by atoms with van der Waals surface area (Å²) in [4.78, 5) is 28.0. The fourth-order valence-electron chi connectivity index (χ4n) is 4.37. The average molecular weight is 443 g/mol. The summed E-state index contributed by atoms with van der Waals surface area (Å²) in [5.41, 5.74) is 2.94. The molecule has 0 atom stereocenters. The highest BCUT2D eigenvalue weighted by Crippen LogP contribution is 2.25. The van der Waals surface area contributed by atoms with E-state index in [1.807, 2.05) is 89.8 Å². The molecule has 1 saturated heterocycles. The minimum Gasteiger partial charge on any atom is -0.497 e. The summed E-state index contributed by atoms with van der Waals surface area (Å²) in [6.45, 7) is 1.31. The number of nitrogens with one attached hydrogen (secondary N) is 1. The molecule has 33 heavy (non-hydrogen) atoms. The van der Waals surface area contributed by atoms with Crippen LogP contribution in [-0.2, 0) is 16.0 Å². The molecule has 3 aromatic rings. The first-order valence-electron chi connectivity index (χ1n) is 11.4. The van der Waals surface area contributed by atoms with Gasteiger partial charge in [-0.25, -0.2) is 0 Å². The van der Waals surface area contributed by atoms with Crippen molar-refractivity contribution >= 4 is 11.8 Å². The Morgan fingerprint density at radius 1 is 0.879 bits per heavy atom. The topological polar surface area (TPSA) is 58.6 Å². The second kappa shape index (κ2) is 10.8. The van der Waals surface area contributed by atoms with Gasteiger partial charge in [0.05, 0.1) is 19.4 Å². The maximum Gasteiger partial charge on any atom is 0.232 e. The fraction of sp³-hybridized carbons (Fsp3) is 0.286. The van der Waals surface area contributed by atoms with Crippen molar-refractivity contribution in [3.05, 3.63) is 102 Å². The van der Waals surface area contributed by atoms with Crippen molar-refractivity contribution < 1.29 is 14.3 Å². The molecule has 0 aromatic heterocycles. The molecule has 1 N–H and O–H groups in total. The van der Waals surface area contributed by atoms with E-state index in [1.165, 1.54) is 0 Å². The number of ether oxygens (including phenoxy) is 1. The second-order valence-corrected chi connectivity index (χ2v) is 8.44. The van der Waals surface area contributed by atoms with Crippen LogP contribution in [0.1, 0.15) is 35.4 Å². The molecular formula is C28H30N2O3. The van der Waals surface area contributed by atoms with Crippen molar-refractivity contribution in [3.8, 4) is 5.75 Å². The van der Waals surface area contributed by atoms with Gasteiger partial charge in [-0.05, 0) is 41.7 Å². The second-order valence-electron chi connectivity index (χ2n) is 8.44. The predicted molar refractivity (Wildman–Crippen MR) is 129 cm³/mol. The Kier molecular flexibility index (Phi) is 7.40. The Morgan fingerprint density at radius 3 is 1.94 bits per heavy atom. The number of likely N-dealkylation sites (tertiary alicyclic amines) is 1. The maximum absolute atomic E-state index is 13.3. The van der Waals surface area contributed by atoms with Crippen LogP contribution >= 0.6 is 0 Å². The van der Waals surface area contributed by atoms with Crippen LogP contribution in [0.25, 0.3) is 0 Å². The number of piperidine rings is 1. The quantitative estimate of drug-likeness (QED) is 0.597. The summed E-state index contributed by atoms with van der Waals surface area (Å²) < 4.78 is 5.18. The van der Waals surface area contributed by atoms with Crippen molar-refractivity contribution in [2.45, 2.75) is 31.2 Å². The number of benzene rings is 3. The predicted octanol–water partition coefficient (Wildman–Crippen LogP) is 4.18. The van der Waals surface area contributed by atoms with E-state index < -0.39 is 0 Å². The summed E-state index contributed by atoms with van der Waals surface area (Å²) in [5.74, 6) is 0.570. The Labute approximate surface area is 195 Å². The van der Waals surface area contributed by atoms with Crippen molar-refractivity contribution in [2.24, 2.45) is 0 Å². The molecule has 2 amide bonds. The summed E-state index contributed by atoms with van der Waals surface area (Å²) in [5, 5.41) is 3.25. The molecule has 0 unspecified atom stereocenters. The average Bonchev–Trinajstić information content (AvgIpc) is 2.86. The number of hydrogen-bond donors (Lipinski definition) is 1. The smallest absolute Gasteiger partial charge is 0.232 e. The Hall–Kier alpha value is -3.60. The van der Waals surface area contributed by atoms with Crippen molar-refractivity contribution in [1.82, 2.24) is 10.2 Å². The van der Waals surface area contributed by atoms with E-state index >= 15 is 0 Å². The van der Waals surface area contributed by atoms with Gasteiger partial charge in [-0.15, -0.1) is 0 Å². The minimum atomic E-state index is -0.345. The lowest BCUT2D eigenvalue weighted by Crippen LogP contribution is -2.48. The van der Waals surface area contributed by atoms with Crippen LogP contribution in [0.4, 0.5) is 0 Å². The molecule has 0 spiro atoms. The van der Waals surface area contributed by atoms with E-state index in [0.717, 1.165) is 35.3 Å². The van der Waals surface area contributed by atoms with Crippen LogP contribution in [0, 0.1) is 0 Å². The van der Waals surface area contributed by atoms with Crippen LogP contribution in [0.3, 0.4) is 0 Å². The van der Waals surface area contributed by atoms with Crippen LogP contribution < -0.4 is 10.1 Å². The van der Waals surface area contributed by atoms with E-state index in [1.54, 1.807) is 7.11 Å². The number of rotatable bonds is 7. The molecule has 4 rings (SSSR count). The third-order valence-electron chi connectivity index (χ3n) is 6.24. The van der Waals surface area contributed by atoms with Crippen LogP contribution in [0.5, 0.6) is 5.75 Å². The van der Waals surface area contributed by atoms with Gasteiger partial charge < -0.3 is 15.0 Å². The zero-order chi connectivity index (χ0) is 23.0. The van der Waals surface area contributed by atoms with E-state index in [9.17, 15) is 9.59 Å². The molecule has 1 aliphatic rings. The highest BCUT2D eigenvalue weighted by molar-refractivity contribution is 5.87. The van der Waals surface area contributed by atoms with Crippen LogP contribution in [-0.4, -0.2) is 43.0 Å². The molecule has 170 valence electrons. The van der Waals surface area contributed by atoms with Gasteiger partial charge in [0.2, 0.25) is 11.8 Å². The van der Waals surface area contributed by atoms with Crippen molar-refractivity contribution in [1.29, 1.82) is 0 Å². The molecular weight excluding hydrogens is 412 g/mol. The van der Waals surface area contributed by atoms with Gasteiger partial charge in [-0.2, -0.15) is 0 Å². The van der Waals surface area contributed by atoms with E-state index in [2.05, 4.69) is 5.32 Å². The molecule has 5 heteroatoms. The first-order chi connectivity index (χ1) is 16.1. The van der Waals surface area contributed by atoms with E-state index in [-0.39, 0.29) is 23.8 Å². The molecule has 0 bridgehead atoms. The SMILES string of the molecule is COc1ccc(CC(=O)N2CCC(NC(=O)C(c3ccccc3)c3ccccc3)CC2)cc1. The standard InChI is InChI=1S/C28H30N2O3/c1-33-25-14-12-21(13-15-25)20-26(31)30-18-16-24(17-19-30)29-28(32)27(22-8-4-2-5-9-22)23-10-6-3-7-11-23/h2-15,24,27H,16-20H2,1H3,(H,29,32). The van der Waals surface area contributed by atoms with Gasteiger partial charge in [-0.1, -0.05) is 72.8 Å². The number of carbonyl (C=O) groups excluding carboxylic acids is 2. The summed E-state index contributed by atoms with van der Waals surface area (Å²) in [7, 11) is 1.63. The molecule has 1 heterocycles. The Balaban J connectivity index is 1.34. The lowest BCUT2D eigenvalue weighted by atomic mass is 9.90. The molecule has 0 aliphatic carbocycles. The first kappa shape index (κ1) is 22.6. The summed E-state index contributed by atoms with van der Waals surface area (Å²) in [6.07, 6.45) is 1.90. The fourth-order valence-corrected chi connectivity index (χ4v) is 4.37. The third kappa shape index (κ3) is 5.80. The molecule has 5 nitrogen and oxygen atoms in total. The largest absolute Gasteiger partial charge is 0.497 e. The van der Waals surface area contributed by atoms with Gasteiger partial charge in [0.15, 0.2) is 0 Å². The monoisotopic (exact) mass is 442 g/mol. The normalized spacial score (nSPS) is 14.2. The van der Waals surface area contributed by atoms with E-state index in [0.29, 0.717) is 19.5 Å². The van der Waals surface area contributed by atoms with Gasteiger partial charge >= 0.3 is 0 Å². The number of hydrogen-bond acceptors (Lipinski definition) is 3. The first-order valence-corrected chi connectivity index (χ1v) is 11.4. The number of carbonyl (C=O) groups is 2. The summed E-state index contributed by atoms with van der Waals surface area (Å²) >= 11 is 0. The van der Waals surface area contributed by atoms with Gasteiger partial charge in [0, 0.05) is 19.1 Å². The van der Waals surface area contributed by atoms with Crippen LogP contribution in [0.2, 0.25) is 0 Å². The van der Waals surface area contributed by atoms with E-state index in [4.69, 9.17) is 4.74 Å². The molecule has 1 fully saturated rings. The number of methoxy groups -OCH3 is 1. The summed E-state index contributed by atoms with van der Waals surface area (Å²) in [6, 6.07) is 27.4. The Bertz CT molecular complexity index is 1000. The number of amides is 2. The van der Waals surface area contributed by atoms with Crippen LogP contribution in [0.15, 0.2) is 84.9 Å². The number of nitrogens with zero attached hydrogens (tertiary/aromatic N) is 1. The van der Waals surface area contributed by atoms with Gasteiger partial charge in [0.25, 0.3) is 0 Å². The highest BCUT2D eigenvalue weighted by atomic mass is 16.5. The molecule has 0 saturated carbocycles. The lowest BCUT2D eigenvalue weighted by molar-refractivity contribution is -0.131. The third-order valence-corrected chi connectivity index (χ3v) is 6.24. The van der Waals surface area contributed by atoms with Gasteiger partial charge in [-0.3, -0.25) is 9.59 Å². The highest BCUT2D eigenvalue weighted by Gasteiger charge is 2.28. The zero-order valence-corrected chi connectivity index (χ0v) is 18.9. The molecule has 3 aromatic carbocycles. The molecule has 0 radical (unpaired) electrons. The Morgan fingerprint density at radius 2 is 1.42 bits per heavy atom. The zero-order valence-electron chi connectivity index (χ0n) is 18.9. The molecule has 1 aliphatic heterocycles. The maximum atomic E-state index is 13.3. The lowest BCUT2D eigenvalue weighted by Gasteiger charge is -2.33. The minimum absolute atomic E-state index is 0.00964. The van der Waals surface area contributed by atoms with Gasteiger partial charge in [0.1, 0.15) is 5.75 Å². The van der Waals surface area contributed by atoms with Crippen molar-refractivity contribution in [2.75, 3.05) is 20.2 Å².